The van der Waals surface area contributed by atoms with Gasteiger partial charge in [-0.2, -0.15) is 0 Å². The van der Waals surface area contributed by atoms with Gasteiger partial charge in [-0.1, -0.05) is 48.0 Å². The second-order valence-electron chi connectivity index (χ2n) is 6.50. The van der Waals surface area contributed by atoms with Crippen LogP contribution in [0.3, 0.4) is 0 Å². The summed E-state index contributed by atoms with van der Waals surface area (Å²) >= 11 is 0. The molecule has 24 heavy (non-hydrogen) atoms. The number of rotatable bonds is 4. The molecule has 2 aromatic carbocycles. The van der Waals surface area contributed by atoms with Crippen molar-refractivity contribution in [1.82, 2.24) is 0 Å². The Morgan fingerprint density at radius 2 is 1.58 bits per heavy atom. The lowest BCUT2D eigenvalue weighted by molar-refractivity contribution is -0.148. The molecule has 2 aromatic rings. The SMILES string of the molecule is Cc1ccc([S@](=O)/C(=C/c2ccccc2)C(=O)OC(C)(C)C)cc1. The number of aryl methyl sites for hydroxylation is 1. The molecule has 0 aromatic heterocycles. The van der Waals surface area contributed by atoms with E-state index in [2.05, 4.69) is 0 Å². The minimum absolute atomic E-state index is 0.139. The van der Waals surface area contributed by atoms with E-state index in [1.807, 2.05) is 49.4 Å². The van der Waals surface area contributed by atoms with Gasteiger partial charge in [-0.05, 0) is 51.5 Å². The molecule has 0 spiro atoms. The Bertz CT molecular complexity index is 754. The lowest BCUT2D eigenvalue weighted by atomic mass is 10.2. The standard InChI is InChI=1S/C20H22O3S/c1-15-10-12-17(13-11-15)24(22)18(19(21)23-20(2,3)4)14-16-8-6-5-7-9-16/h5-14H,1-4H3/b18-14+/t24-/m0/s1. The zero-order valence-electron chi connectivity index (χ0n) is 14.4. The minimum Gasteiger partial charge on any atom is -0.456 e. The van der Waals surface area contributed by atoms with Gasteiger partial charge in [0.25, 0.3) is 0 Å². The molecule has 0 aliphatic heterocycles. The van der Waals surface area contributed by atoms with Crippen LogP contribution in [0.25, 0.3) is 6.08 Å². The van der Waals surface area contributed by atoms with Crippen molar-refractivity contribution in [2.75, 3.05) is 0 Å². The third-order valence-corrected chi connectivity index (χ3v) is 4.52. The van der Waals surface area contributed by atoms with Crippen LogP contribution in [0, 0.1) is 6.92 Å². The smallest absolute Gasteiger partial charge is 0.348 e. The van der Waals surface area contributed by atoms with E-state index >= 15 is 0 Å². The van der Waals surface area contributed by atoms with Crippen LogP contribution in [0.5, 0.6) is 0 Å². The zero-order valence-corrected chi connectivity index (χ0v) is 15.2. The summed E-state index contributed by atoms with van der Waals surface area (Å²) in [6.45, 7) is 7.33. The fourth-order valence-electron chi connectivity index (χ4n) is 2.01. The average molecular weight is 342 g/mol. The number of hydrogen-bond donors (Lipinski definition) is 0. The molecule has 3 nitrogen and oxygen atoms in total. The van der Waals surface area contributed by atoms with Crippen molar-refractivity contribution < 1.29 is 13.7 Å². The van der Waals surface area contributed by atoms with Crippen LogP contribution >= 0.6 is 0 Å². The molecule has 1 atom stereocenters. The van der Waals surface area contributed by atoms with Crippen molar-refractivity contribution in [2.45, 2.75) is 38.2 Å². The molecule has 0 unspecified atom stereocenters. The molecule has 0 bridgehead atoms. The summed E-state index contributed by atoms with van der Waals surface area (Å²) in [6, 6.07) is 16.6. The van der Waals surface area contributed by atoms with E-state index in [0.29, 0.717) is 4.90 Å². The van der Waals surface area contributed by atoms with Gasteiger partial charge < -0.3 is 4.74 Å². The second-order valence-corrected chi connectivity index (χ2v) is 7.95. The van der Waals surface area contributed by atoms with Crippen molar-refractivity contribution in [3.63, 3.8) is 0 Å². The molecule has 0 N–H and O–H groups in total. The van der Waals surface area contributed by atoms with Crippen molar-refractivity contribution in [3.05, 3.63) is 70.6 Å². The van der Waals surface area contributed by atoms with Gasteiger partial charge >= 0.3 is 5.97 Å². The number of benzene rings is 2. The van der Waals surface area contributed by atoms with Crippen LogP contribution in [-0.4, -0.2) is 15.8 Å². The molecule has 0 aliphatic rings. The molecule has 0 radical (unpaired) electrons. The first-order valence-electron chi connectivity index (χ1n) is 7.75. The van der Waals surface area contributed by atoms with Crippen LogP contribution in [0.4, 0.5) is 0 Å². The molecule has 0 heterocycles. The first-order chi connectivity index (χ1) is 11.3. The van der Waals surface area contributed by atoms with Gasteiger partial charge in [0.2, 0.25) is 0 Å². The predicted octanol–water partition coefficient (Wildman–Crippen LogP) is 4.49. The number of esters is 1. The van der Waals surface area contributed by atoms with E-state index in [-0.39, 0.29) is 4.91 Å². The Morgan fingerprint density at radius 1 is 1.00 bits per heavy atom. The molecule has 2 rings (SSSR count). The monoisotopic (exact) mass is 342 g/mol. The van der Waals surface area contributed by atoms with Crippen LogP contribution < -0.4 is 0 Å². The summed E-state index contributed by atoms with van der Waals surface area (Å²) in [5, 5.41) is 0. The third-order valence-electron chi connectivity index (χ3n) is 3.13. The maximum atomic E-state index is 12.9. The molecular formula is C20H22O3S. The van der Waals surface area contributed by atoms with Gasteiger partial charge in [0.1, 0.15) is 10.5 Å². The Kier molecular flexibility index (Phi) is 5.73. The highest BCUT2D eigenvalue weighted by Gasteiger charge is 2.25. The van der Waals surface area contributed by atoms with Crippen molar-refractivity contribution in [2.24, 2.45) is 0 Å². The fraction of sp³-hybridized carbons (Fsp3) is 0.250. The van der Waals surface area contributed by atoms with Gasteiger partial charge in [-0.25, -0.2) is 9.00 Å². The van der Waals surface area contributed by atoms with E-state index in [1.54, 1.807) is 39.0 Å². The van der Waals surface area contributed by atoms with E-state index in [9.17, 15) is 9.00 Å². The van der Waals surface area contributed by atoms with E-state index in [4.69, 9.17) is 4.74 Å². The largest absolute Gasteiger partial charge is 0.456 e. The van der Waals surface area contributed by atoms with Crippen molar-refractivity contribution >= 4 is 22.8 Å². The minimum atomic E-state index is -1.61. The van der Waals surface area contributed by atoms with Gasteiger partial charge in [0, 0.05) is 4.90 Å². The quantitative estimate of drug-likeness (QED) is 0.607. The Morgan fingerprint density at radius 3 is 2.12 bits per heavy atom. The van der Waals surface area contributed by atoms with Crippen LogP contribution in [0.2, 0.25) is 0 Å². The summed E-state index contributed by atoms with van der Waals surface area (Å²) in [5.74, 6) is -0.565. The topological polar surface area (TPSA) is 43.4 Å². The third kappa shape index (κ3) is 5.17. The summed E-state index contributed by atoms with van der Waals surface area (Å²) in [5.41, 5.74) is 1.23. The van der Waals surface area contributed by atoms with Gasteiger partial charge in [-0.15, -0.1) is 0 Å². The summed E-state index contributed by atoms with van der Waals surface area (Å²) < 4.78 is 18.4. The first kappa shape index (κ1) is 18.1. The fourth-order valence-corrected chi connectivity index (χ4v) is 3.08. The number of ether oxygens (including phenoxy) is 1. The lowest BCUT2D eigenvalue weighted by Gasteiger charge is -2.20. The summed E-state index contributed by atoms with van der Waals surface area (Å²) in [4.78, 5) is 13.3. The predicted molar refractivity (Wildman–Crippen MR) is 97.9 cm³/mol. The Labute approximate surface area is 145 Å². The van der Waals surface area contributed by atoms with Crippen LogP contribution in [-0.2, 0) is 20.3 Å². The highest BCUT2D eigenvalue weighted by Crippen LogP contribution is 2.22. The normalized spacial score (nSPS) is 13.4. The Balaban J connectivity index is 2.42. The van der Waals surface area contributed by atoms with Crippen LogP contribution in [0.15, 0.2) is 64.4 Å². The molecular weight excluding hydrogens is 320 g/mol. The number of carbonyl (C=O) groups is 1. The van der Waals surface area contributed by atoms with Gasteiger partial charge in [0.05, 0.1) is 10.8 Å². The highest BCUT2D eigenvalue weighted by molar-refractivity contribution is 7.90. The van der Waals surface area contributed by atoms with Crippen molar-refractivity contribution in [3.8, 4) is 0 Å². The van der Waals surface area contributed by atoms with E-state index in [0.717, 1.165) is 11.1 Å². The van der Waals surface area contributed by atoms with Gasteiger partial charge in [-0.3, -0.25) is 0 Å². The molecule has 0 saturated heterocycles. The molecule has 0 amide bonds. The van der Waals surface area contributed by atoms with Crippen molar-refractivity contribution in [1.29, 1.82) is 0 Å². The molecule has 0 saturated carbocycles. The Hall–Kier alpha value is -2.20. The zero-order chi connectivity index (χ0) is 17.7. The maximum Gasteiger partial charge on any atom is 0.348 e. The summed E-state index contributed by atoms with van der Waals surface area (Å²) in [7, 11) is -1.61. The molecule has 0 aliphatic carbocycles. The average Bonchev–Trinajstić information content (AvgIpc) is 2.52. The molecule has 0 fully saturated rings. The lowest BCUT2D eigenvalue weighted by Crippen LogP contribution is -2.26. The van der Waals surface area contributed by atoms with Crippen LogP contribution in [0.1, 0.15) is 31.9 Å². The number of carbonyl (C=O) groups excluding carboxylic acids is 1. The molecule has 126 valence electrons. The maximum absolute atomic E-state index is 12.9. The summed E-state index contributed by atoms with van der Waals surface area (Å²) in [6.07, 6.45) is 1.63. The van der Waals surface area contributed by atoms with E-state index in [1.165, 1.54) is 0 Å². The highest BCUT2D eigenvalue weighted by atomic mass is 32.2. The second kappa shape index (κ2) is 7.58. The van der Waals surface area contributed by atoms with Gasteiger partial charge in [0.15, 0.2) is 0 Å². The van der Waals surface area contributed by atoms with E-state index < -0.39 is 22.4 Å². The number of hydrogen-bond acceptors (Lipinski definition) is 3. The molecule has 4 heteroatoms. The first-order valence-corrected chi connectivity index (χ1v) is 8.90.